The summed E-state index contributed by atoms with van der Waals surface area (Å²) in [4.78, 5) is 5.14. The third-order valence-electron chi connectivity index (χ3n) is 2.61. The Morgan fingerprint density at radius 1 is 1.50 bits per heavy atom. The van der Waals surface area contributed by atoms with E-state index in [0.717, 1.165) is 10.7 Å². The third-order valence-corrected chi connectivity index (χ3v) is 3.38. The molecular weight excluding hydrogens is 265 g/mol. The molecule has 0 saturated carbocycles. The van der Waals surface area contributed by atoms with Crippen LogP contribution >= 0.6 is 11.3 Å². The molecule has 8 heteroatoms. The minimum absolute atomic E-state index is 0.0504. The van der Waals surface area contributed by atoms with E-state index in [1.165, 1.54) is 11.3 Å². The molecule has 0 spiro atoms. The molecule has 1 atom stereocenters. The highest BCUT2D eigenvalue weighted by Gasteiger charge is 2.28. The summed E-state index contributed by atoms with van der Waals surface area (Å²) in [6, 6.07) is -0.420. The van der Waals surface area contributed by atoms with E-state index in [9.17, 15) is 13.2 Å². The van der Waals surface area contributed by atoms with Crippen molar-refractivity contribution in [2.75, 3.05) is 0 Å². The van der Waals surface area contributed by atoms with Crippen molar-refractivity contribution < 1.29 is 13.2 Å². The predicted octanol–water partition coefficient (Wildman–Crippen LogP) is 2.11. The molecule has 0 aliphatic rings. The zero-order chi connectivity index (χ0) is 13.2. The van der Waals surface area contributed by atoms with Gasteiger partial charge in [-0.1, -0.05) is 0 Å². The van der Waals surface area contributed by atoms with Crippen LogP contribution in [-0.2, 0) is 6.42 Å². The van der Waals surface area contributed by atoms with E-state index in [0.29, 0.717) is 6.42 Å². The Kier molecular flexibility index (Phi) is 3.88. The van der Waals surface area contributed by atoms with Crippen molar-refractivity contribution in [1.29, 1.82) is 0 Å². The highest BCUT2D eigenvalue weighted by atomic mass is 32.1. The molecule has 0 aromatic carbocycles. The number of hydrogen-bond donors (Lipinski definition) is 2. The van der Waals surface area contributed by atoms with Crippen LogP contribution < -0.4 is 11.3 Å². The summed E-state index contributed by atoms with van der Waals surface area (Å²) in [6.07, 6.45) is -0.985. The quantitative estimate of drug-likeness (QED) is 0.650. The summed E-state index contributed by atoms with van der Waals surface area (Å²) < 4.78 is 38.2. The minimum atomic E-state index is -4.15. The first-order valence-electron chi connectivity index (χ1n) is 5.42. The molecule has 3 N–H and O–H groups in total. The molecule has 100 valence electrons. The van der Waals surface area contributed by atoms with Gasteiger partial charge in [0.25, 0.3) is 0 Å². The monoisotopic (exact) mass is 278 g/mol. The molecule has 0 bridgehead atoms. The maximum atomic E-state index is 12.1. The number of aromatic nitrogens is 2. The first-order chi connectivity index (χ1) is 8.48. The molecule has 2 rings (SSSR count). The van der Waals surface area contributed by atoms with Gasteiger partial charge in [0.15, 0.2) is 4.96 Å². The van der Waals surface area contributed by atoms with E-state index in [1.54, 1.807) is 0 Å². The highest BCUT2D eigenvalue weighted by Crippen LogP contribution is 2.23. The van der Waals surface area contributed by atoms with Crippen LogP contribution in [0.3, 0.4) is 0 Å². The summed E-state index contributed by atoms with van der Waals surface area (Å²) in [5.74, 6) is 5.27. The standard InChI is InChI=1S/C10H13F3N4S/c11-10(12,13)2-1-7(16-14)5-8-6-17-3-4-18-9(17)15-8/h3-4,6-7,16H,1-2,5,14H2. The van der Waals surface area contributed by atoms with Crippen LogP contribution in [0.4, 0.5) is 13.2 Å². The summed E-state index contributed by atoms with van der Waals surface area (Å²) in [5, 5.41) is 1.90. The number of imidazole rings is 1. The third kappa shape index (κ3) is 3.44. The topological polar surface area (TPSA) is 55.3 Å². The Hall–Kier alpha value is -1.12. The fourth-order valence-corrected chi connectivity index (χ4v) is 2.43. The number of nitrogens with one attached hydrogen (secondary N) is 1. The molecule has 2 aromatic rings. The van der Waals surface area contributed by atoms with E-state index in [1.807, 2.05) is 22.2 Å². The Bertz CT molecular complexity index is 476. The number of alkyl halides is 3. The van der Waals surface area contributed by atoms with Crippen LogP contribution in [0.15, 0.2) is 17.8 Å². The SMILES string of the molecule is NNC(CCC(F)(F)F)Cc1cn2ccsc2n1. The van der Waals surface area contributed by atoms with Crippen molar-refractivity contribution in [2.45, 2.75) is 31.5 Å². The van der Waals surface area contributed by atoms with Crippen molar-refractivity contribution in [3.05, 3.63) is 23.5 Å². The lowest BCUT2D eigenvalue weighted by Gasteiger charge is -2.15. The molecule has 2 aromatic heterocycles. The predicted molar refractivity (Wildman–Crippen MR) is 63.2 cm³/mol. The Labute approximate surface area is 106 Å². The summed E-state index contributed by atoms with van der Waals surface area (Å²) in [7, 11) is 0. The molecular formula is C10H13F3N4S. The van der Waals surface area contributed by atoms with Gasteiger partial charge in [-0.05, 0) is 6.42 Å². The van der Waals surface area contributed by atoms with Gasteiger partial charge in [0.2, 0.25) is 0 Å². The van der Waals surface area contributed by atoms with Gasteiger partial charge in [-0.2, -0.15) is 13.2 Å². The number of hydrazine groups is 1. The Balaban J connectivity index is 1.95. The highest BCUT2D eigenvalue weighted by molar-refractivity contribution is 7.15. The van der Waals surface area contributed by atoms with Crippen LogP contribution in [0, 0.1) is 0 Å². The summed E-state index contributed by atoms with van der Waals surface area (Å²) in [6.45, 7) is 0. The molecule has 2 heterocycles. The van der Waals surface area contributed by atoms with Crippen molar-refractivity contribution in [1.82, 2.24) is 14.8 Å². The summed E-state index contributed by atoms with van der Waals surface area (Å²) >= 11 is 1.48. The molecule has 0 aliphatic heterocycles. The largest absolute Gasteiger partial charge is 0.389 e. The lowest BCUT2D eigenvalue weighted by Crippen LogP contribution is -2.37. The second-order valence-corrected chi connectivity index (χ2v) is 4.92. The van der Waals surface area contributed by atoms with Crippen LogP contribution in [0.2, 0.25) is 0 Å². The number of halogens is 3. The lowest BCUT2D eigenvalue weighted by atomic mass is 10.1. The second kappa shape index (κ2) is 5.25. The number of rotatable bonds is 5. The second-order valence-electron chi connectivity index (χ2n) is 4.05. The smallest absolute Gasteiger partial charge is 0.297 e. The van der Waals surface area contributed by atoms with E-state index in [4.69, 9.17) is 5.84 Å². The van der Waals surface area contributed by atoms with E-state index >= 15 is 0 Å². The number of thiazole rings is 1. The van der Waals surface area contributed by atoms with Crippen molar-refractivity contribution >= 4 is 16.3 Å². The molecule has 0 fully saturated rings. The normalized spacial score (nSPS) is 14.2. The zero-order valence-electron chi connectivity index (χ0n) is 9.44. The molecule has 0 amide bonds. The fourth-order valence-electron chi connectivity index (χ4n) is 1.71. The van der Waals surface area contributed by atoms with Crippen LogP contribution in [-0.4, -0.2) is 21.6 Å². The molecule has 0 aliphatic carbocycles. The van der Waals surface area contributed by atoms with Gasteiger partial charge in [-0.15, -0.1) is 11.3 Å². The number of nitrogens with two attached hydrogens (primary N) is 1. The maximum absolute atomic E-state index is 12.1. The minimum Gasteiger partial charge on any atom is -0.297 e. The van der Waals surface area contributed by atoms with E-state index < -0.39 is 18.6 Å². The van der Waals surface area contributed by atoms with Crippen LogP contribution in [0.25, 0.3) is 4.96 Å². The molecule has 1 unspecified atom stereocenters. The Morgan fingerprint density at radius 3 is 2.89 bits per heavy atom. The fraction of sp³-hybridized carbons (Fsp3) is 0.500. The first kappa shape index (κ1) is 13.3. The van der Waals surface area contributed by atoms with Gasteiger partial charge in [0.05, 0.1) is 5.69 Å². The van der Waals surface area contributed by atoms with Crippen LogP contribution in [0.1, 0.15) is 18.5 Å². The van der Waals surface area contributed by atoms with Gasteiger partial charge in [-0.25, -0.2) is 4.98 Å². The van der Waals surface area contributed by atoms with Crippen molar-refractivity contribution in [2.24, 2.45) is 5.84 Å². The number of hydrogen-bond acceptors (Lipinski definition) is 4. The van der Waals surface area contributed by atoms with E-state index in [2.05, 4.69) is 10.4 Å². The zero-order valence-corrected chi connectivity index (χ0v) is 10.3. The van der Waals surface area contributed by atoms with Crippen molar-refractivity contribution in [3.8, 4) is 0 Å². The molecule has 0 saturated heterocycles. The number of fused-ring (bicyclic) bond motifs is 1. The van der Waals surface area contributed by atoms with Crippen molar-refractivity contribution in [3.63, 3.8) is 0 Å². The molecule has 0 radical (unpaired) electrons. The lowest BCUT2D eigenvalue weighted by molar-refractivity contribution is -0.136. The van der Waals surface area contributed by atoms with Gasteiger partial charge in [0.1, 0.15) is 0 Å². The number of nitrogens with zero attached hydrogens (tertiary/aromatic N) is 2. The van der Waals surface area contributed by atoms with Crippen LogP contribution in [0.5, 0.6) is 0 Å². The van der Waals surface area contributed by atoms with Gasteiger partial charge < -0.3 is 0 Å². The van der Waals surface area contributed by atoms with Gasteiger partial charge in [0, 0.05) is 36.7 Å². The van der Waals surface area contributed by atoms with E-state index in [-0.39, 0.29) is 6.42 Å². The Morgan fingerprint density at radius 2 is 2.28 bits per heavy atom. The summed E-state index contributed by atoms with van der Waals surface area (Å²) in [5.41, 5.74) is 3.16. The van der Waals surface area contributed by atoms with Gasteiger partial charge in [-0.3, -0.25) is 15.7 Å². The average molecular weight is 278 g/mol. The molecule has 4 nitrogen and oxygen atoms in total. The first-order valence-corrected chi connectivity index (χ1v) is 6.30. The molecule has 18 heavy (non-hydrogen) atoms. The maximum Gasteiger partial charge on any atom is 0.389 e. The van der Waals surface area contributed by atoms with Gasteiger partial charge >= 0.3 is 6.18 Å². The average Bonchev–Trinajstić information content (AvgIpc) is 2.82.